The van der Waals surface area contributed by atoms with E-state index >= 15 is 0 Å². The smallest absolute Gasteiger partial charge is 0.257 e. The molecule has 0 aliphatic heterocycles. The fourth-order valence-electron chi connectivity index (χ4n) is 1.89. The lowest BCUT2D eigenvalue weighted by molar-refractivity contribution is 0.0740. The molecule has 1 aliphatic rings. The average Bonchev–Trinajstić information content (AvgIpc) is 3.17. The van der Waals surface area contributed by atoms with Gasteiger partial charge in [-0.25, -0.2) is 4.98 Å². The Labute approximate surface area is 121 Å². The number of hydrogen-bond acceptors (Lipinski definition) is 2. The molecular weight excluding hydrogens is 316 g/mol. The summed E-state index contributed by atoms with van der Waals surface area (Å²) < 4.78 is 0.779. The number of hydrogen-bond donors (Lipinski definition) is 0. The van der Waals surface area contributed by atoms with Gasteiger partial charge in [0, 0.05) is 23.3 Å². The lowest BCUT2D eigenvalue weighted by Crippen LogP contribution is -2.34. The molecule has 1 saturated carbocycles. The third-order valence-corrected chi connectivity index (χ3v) is 3.77. The largest absolute Gasteiger partial charge is 0.336 e. The van der Waals surface area contributed by atoms with Gasteiger partial charge in [-0.05, 0) is 41.3 Å². The lowest BCUT2D eigenvalue weighted by Gasteiger charge is -2.22. The highest BCUT2D eigenvalue weighted by Crippen LogP contribution is 2.30. The van der Waals surface area contributed by atoms with Gasteiger partial charge in [-0.2, -0.15) is 0 Å². The SMILES string of the molecule is CCCCN(C(=O)c1cc(Br)cnc1Cl)C1CC1. The normalized spacial score (nSPS) is 14.6. The number of unbranched alkanes of at least 4 members (excludes halogenated alkanes) is 1. The van der Waals surface area contributed by atoms with E-state index in [2.05, 4.69) is 27.8 Å². The van der Waals surface area contributed by atoms with Gasteiger partial charge in [-0.1, -0.05) is 24.9 Å². The number of nitrogens with zero attached hydrogens (tertiary/aromatic N) is 2. The zero-order valence-corrected chi connectivity index (χ0v) is 12.7. The molecule has 0 radical (unpaired) electrons. The van der Waals surface area contributed by atoms with Crippen LogP contribution in [-0.4, -0.2) is 28.4 Å². The van der Waals surface area contributed by atoms with E-state index in [1.165, 1.54) is 0 Å². The first-order chi connectivity index (χ1) is 8.63. The maximum absolute atomic E-state index is 12.5. The van der Waals surface area contributed by atoms with E-state index in [1.807, 2.05) is 4.90 Å². The van der Waals surface area contributed by atoms with Crippen LogP contribution in [0, 0.1) is 0 Å². The second kappa shape index (κ2) is 6.02. The monoisotopic (exact) mass is 330 g/mol. The van der Waals surface area contributed by atoms with Gasteiger partial charge in [-0.15, -0.1) is 0 Å². The van der Waals surface area contributed by atoms with Crippen LogP contribution >= 0.6 is 27.5 Å². The predicted octanol–water partition coefficient (Wildman–Crippen LogP) is 3.90. The lowest BCUT2D eigenvalue weighted by atomic mass is 10.2. The zero-order valence-electron chi connectivity index (χ0n) is 10.3. The molecule has 1 heterocycles. The summed E-state index contributed by atoms with van der Waals surface area (Å²) in [7, 11) is 0. The summed E-state index contributed by atoms with van der Waals surface area (Å²) in [6.07, 6.45) is 5.93. The van der Waals surface area contributed by atoms with Gasteiger partial charge in [0.15, 0.2) is 0 Å². The Morgan fingerprint density at radius 1 is 1.61 bits per heavy atom. The van der Waals surface area contributed by atoms with Crippen LogP contribution in [0.15, 0.2) is 16.7 Å². The second-order valence-corrected chi connectivity index (χ2v) is 5.85. The molecule has 98 valence electrons. The van der Waals surface area contributed by atoms with Crippen LogP contribution in [0.2, 0.25) is 5.15 Å². The number of carbonyl (C=O) groups is 1. The third-order valence-electron chi connectivity index (χ3n) is 3.04. The van der Waals surface area contributed by atoms with E-state index in [-0.39, 0.29) is 11.1 Å². The van der Waals surface area contributed by atoms with E-state index in [1.54, 1.807) is 12.3 Å². The molecule has 2 rings (SSSR count). The highest BCUT2D eigenvalue weighted by Gasteiger charge is 2.33. The predicted molar refractivity (Wildman–Crippen MR) is 75.9 cm³/mol. The fourth-order valence-corrected chi connectivity index (χ4v) is 2.41. The number of amides is 1. The highest BCUT2D eigenvalue weighted by atomic mass is 79.9. The first-order valence-corrected chi connectivity index (χ1v) is 7.42. The summed E-state index contributed by atoms with van der Waals surface area (Å²) in [6.45, 7) is 2.94. The molecule has 0 spiro atoms. The molecule has 5 heteroatoms. The summed E-state index contributed by atoms with van der Waals surface area (Å²) >= 11 is 9.34. The van der Waals surface area contributed by atoms with Crippen molar-refractivity contribution in [3.05, 3.63) is 27.5 Å². The molecule has 0 atom stereocenters. The van der Waals surface area contributed by atoms with Crippen molar-refractivity contribution in [1.82, 2.24) is 9.88 Å². The topological polar surface area (TPSA) is 33.2 Å². The number of aromatic nitrogens is 1. The second-order valence-electron chi connectivity index (χ2n) is 4.58. The van der Waals surface area contributed by atoms with Crippen LogP contribution in [0.25, 0.3) is 0 Å². The maximum atomic E-state index is 12.5. The first-order valence-electron chi connectivity index (χ1n) is 6.25. The third kappa shape index (κ3) is 3.23. The van der Waals surface area contributed by atoms with E-state index < -0.39 is 0 Å². The van der Waals surface area contributed by atoms with Gasteiger partial charge in [0.25, 0.3) is 5.91 Å². The van der Waals surface area contributed by atoms with Crippen molar-refractivity contribution in [3.8, 4) is 0 Å². The maximum Gasteiger partial charge on any atom is 0.257 e. The molecule has 3 nitrogen and oxygen atoms in total. The minimum atomic E-state index is 0.00440. The molecule has 0 unspecified atom stereocenters. The summed E-state index contributed by atoms with van der Waals surface area (Å²) in [5.74, 6) is 0.00440. The van der Waals surface area contributed by atoms with Crippen molar-refractivity contribution in [1.29, 1.82) is 0 Å². The number of rotatable bonds is 5. The Morgan fingerprint density at radius 2 is 2.33 bits per heavy atom. The molecule has 1 aromatic rings. The van der Waals surface area contributed by atoms with E-state index in [0.29, 0.717) is 11.6 Å². The first kappa shape index (κ1) is 13.8. The molecule has 1 amide bonds. The van der Waals surface area contributed by atoms with Crippen LogP contribution in [-0.2, 0) is 0 Å². The Balaban J connectivity index is 2.19. The highest BCUT2D eigenvalue weighted by molar-refractivity contribution is 9.10. The van der Waals surface area contributed by atoms with E-state index in [9.17, 15) is 4.79 Å². The van der Waals surface area contributed by atoms with Gasteiger partial charge in [0.05, 0.1) is 5.56 Å². The Morgan fingerprint density at radius 3 is 2.94 bits per heavy atom. The van der Waals surface area contributed by atoms with Gasteiger partial charge >= 0.3 is 0 Å². The molecule has 1 aromatic heterocycles. The number of carbonyl (C=O) groups excluding carboxylic acids is 1. The fraction of sp³-hybridized carbons (Fsp3) is 0.538. The Hall–Kier alpha value is -0.610. The molecule has 0 bridgehead atoms. The Bertz CT molecular complexity index is 449. The van der Waals surface area contributed by atoms with E-state index in [0.717, 1.165) is 36.7 Å². The van der Waals surface area contributed by atoms with Gasteiger partial charge < -0.3 is 4.90 Å². The molecule has 0 saturated heterocycles. The standard InChI is InChI=1S/C13H16BrClN2O/c1-2-3-6-17(10-4-5-10)13(18)11-7-9(14)8-16-12(11)15/h7-8,10H,2-6H2,1H3. The molecule has 1 aliphatic carbocycles. The summed E-state index contributed by atoms with van der Waals surface area (Å²) in [4.78, 5) is 18.4. The van der Waals surface area contributed by atoms with Crippen molar-refractivity contribution < 1.29 is 4.79 Å². The van der Waals surface area contributed by atoms with E-state index in [4.69, 9.17) is 11.6 Å². The molecular formula is C13H16BrClN2O. The minimum absolute atomic E-state index is 0.00440. The molecule has 18 heavy (non-hydrogen) atoms. The Kier molecular flexibility index (Phi) is 4.62. The van der Waals surface area contributed by atoms with Crippen LogP contribution in [0.3, 0.4) is 0 Å². The summed E-state index contributed by atoms with van der Waals surface area (Å²) in [6, 6.07) is 2.15. The van der Waals surface area contributed by atoms with Crippen LogP contribution < -0.4 is 0 Å². The van der Waals surface area contributed by atoms with Crippen LogP contribution in [0.4, 0.5) is 0 Å². The number of halogens is 2. The molecule has 0 N–H and O–H groups in total. The average molecular weight is 332 g/mol. The van der Waals surface area contributed by atoms with Gasteiger partial charge in [-0.3, -0.25) is 4.79 Å². The minimum Gasteiger partial charge on any atom is -0.336 e. The van der Waals surface area contributed by atoms with Crippen molar-refractivity contribution in [2.45, 2.75) is 38.6 Å². The quantitative estimate of drug-likeness (QED) is 0.767. The molecule has 0 aromatic carbocycles. The molecule has 1 fully saturated rings. The number of pyridine rings is 1. The van der Waals surface area contributed by atoms with Crippen molar-refractivity contribution in [2.24, 2.45) is 0 Å². The summed E-state index contributed by atoms with van der Waals surface area (Å²) in [5.41, 5.74) is 0.494. The van der Waals surface area contributed by atoms with Crippen LogP contribution in [0.1, 0.15) is 43.0 Å². The van der Waals surface area contributed by atoms with Crippen molar-refractivity contribution in [3.63, 3.8) is 0 Å². The van der Waals surface area contributed by atoms with Gasteiger partial charge in [0.2, 0.25) is 0 Å². The van der Waals surface area contributed by atoms with Gasteiger partial charge in [0.1, 0.15) is 5.15 Å². The van der Waals surface area contributed by atoms with Crippen molar-refractivity contribution in [2.75, 3.05) is 6.54 Å². The summed E-state index contributed by atoms with van der Waals surface area (Å²) in [5, 5.41) is 0.283. The van der Waals surface area contributed by atoms with Crippen molar-refractivity contribution >= 4 is 33.4 Å². The zero-order chi connectivity index (χ0) is 13.1. The van der Waals surface area contributed by atoms with Crippen LogP contribution in [0.5, 0.6) is 0 Å².